The van der Waals surface area contributed by atoms with E-state index in [9.17, 15) is 19.8 Å². The molecule has 4 atom stereocenters. The second-order valence-corrected chi connectivity index (χ2v) is 3.75. The highest BCUT2D eigenvalue weighted by atomic mass is 17.1. The molecule has 8 heteroatoms. The Morgan fingerprint density at radius 2 is 2.06 bits per heavy atom. The lowest BCUT2D eigenvalue weighted by Gasteiger charge is -2.16. The smallest absolute Gasteiger partial charge is 0.330 e. The number of aromatic nitrogens is 2. The number of nitrogens with one attached hydrogen (secondary N) is 1. The van der Waals surface area contributed by atoms with Crippen molar-refractivity contribution >= 4 is 0 Å². The average molecular weight is 248 g/mol. The monoisotopic (exact) mass is 248 g/mol. The first-order valence-corrected chi connectivity index (χ1v) is 4.98. The Morgan fingerprint density at radius 1 is 1.35 bits per heavy atom. The van der Waals surface area contributed by atoms with Crippen LogP contribution >= 0.6 is 0 Å². The van der Waals surface area contributed by atoms with E-state index in [1.807, 2.05) is 4.98 Å². The molecule has 1 aromatic heterocycles. The van der Waals surface area contributed by atoms with Crippen LogP contribution < -0.4 is 11.2 Å². The number of hydrogen-bond donors (Lipinski definition) is 4. The minimum atomic E-state index is -1.35. The Balaban J connectivity index is 2.35. The Bertz CT molecular complexity index is 509. The van der Waals surface area contributed by atoms with Gasteiger partial charge in [-0.2, -0.15) is 0 Å². The first kappa shape index (κ1) is 12.0. The molecular formula is C9H12N2O6. The SMILES string of the molecule is OC[C@H]1O[C@@H]([15n]2ccc(=[17O])[15nH]c2=[17O])[C@H](O)[C@@H]1O. The van der Waals surface area contributed by atoms with Crippen molar-refractivity contribution in [3.05, 3.63) is 33.1 Å². The number of aromatic amines is 1. The van der Waals surface area contributed by atoms with Gasteiger partial charge in [-0.1, -0.05) is 0 Å². The van der Waals surface area contributed by atoms with Gasteiger partial charge in [0.15, 0.2) is 6.23 Å². The van der Waals surface area contributed by atoms with Crippen molar-refractivity contribution in [3.8, 4) is 0 Å². The topological polar surface area (TPSA) is 125 Å². The van der Waals surface area contributed by atoms with Gasteiger partial charge in [0.05, 0.1) is 6.61 Å². The summed E-state index contributed by atoms with van der Waals surface area (Å²) < 4.78 is 6.08. The highest BCUT2D eigenvalue weighted by Crippen LogP contribution is 2.27. The van der Waals surface area contributed by atoms with E-state index in [2.05, 4.69) is 0 Å². The van der Waals surface area contributed by atoms with Crippen LogP contribution in [0.2, 0.25) is 0 Å². The van der Waals surface area contributed by atoms with Crippen LogP contribution in [-0.2, 0) is 4.74 Å². The third kappa shape index (κ3) is 2.03. The number of ether oxygens (including phenoxy) is 1. The van der Waals surface area contributed by atoms with Crippen LogP contribution in [0.5, 0.6) is 0 Å². The van der Waals surface area contributed by atoms with E-state index in [1.54, 1.807) is 0 Å². The largest absolute Gasteiger partial charge is 0.394 e. The third-order valence-corrected chi connectivity index (χ3v) is 2.64. The van der Waals surface area contributed by atoms with E-state index < -0.39 is 42.4 Å². The minimum absolute atomic E-state index is 0.479. The Labute approximate surface area is 94.7 Å². The van der Waals surface area contributed by atoms with Gasteiger partial charge in [0, 0.05) is 12.3 Å². The second kappa shape index (κ2) is 4.41. The van der Waals surface area contributed by atoms with Gasteiger partial charge in [-0.25, -0.2) is 4.79 Å². The molecule has 1 aromatic rings. The molecule has 1 saturated heterocycles. The second-order valence-electron chi connectivity index (χ2n) is 3.75. The molecule has 0 radical (unpaired) electrons. The maximum atomic E-state index is 11.4. The van der Waals surface area contributed by atoms with E-state index >= 15 is 0 Å². The minimum Gasteiger partial charge on any atom is -0.394 e. The number of rotatable bonds is 2. The van der Waals surface area contributed by atoms with Gasteiger partial charge in [0.2, 0.25) is 0 Å². The van der Waals surface area contributed by atoms with E-state index in [-0.39, 0.29) is 0 Å². The average Bonchev–Trinajstić information content (AvgIpc) is 2.57. The van der Waals surface area contributed by atoms with Gasteiger partial charge >= 0.3 is 5.69 Å². The van der Waals surface area contributed by atoms with Crippen LogP contribution in [0, 0.1) is 0 Å². The molecule has 4 N–H and O–H groups in total. The van der Waals surface area contributed by atoms with Crippen LogP contribution in [0.1, 0.15) is 6.23 Å². The molecule has 0 amide bonds. The molecule has 17 heavy (non-hydrogen) atoms. The van der Waals surface area contributed by atoms with Crippen LogP contribution in [-0.4, -0.2) is 49.8 Å². The molecule has 1 fully saturated rings. The van der Waals surface area contributed by atoms with E-state index in [0.717, 1.165) is 16.8 Å². The number of aliphatic hydroxyl groups is 3. The van der Waals surface area contributed by atoms with Gasteiger partial charge in [0.1, 0.15) is 18.3 Å². The number of aliphatic hydroxyl groups excluding tert-OH is 3. The summed E-state index contributed by atoms with van der Waals surface area (Å²) in [6.07, 6.45) is -3.58. The predicted molar refractivity (Wildman–Crippen MR) is 54.3 cm³/mol. The van der Waals surface area contributed by atoms with Crippen molar-refractivity contribution in [3.63, 3.8) is 0 Å². The van der Waals surface area contributed by atoms with Crippen LogP contribution in [0.15, 0.2) is 21.9 Å². The molecular weight excluding hydrogens is 236 g/mol. The normalized spacial score (nSPS) is 32.9. The lowest BCUT2D eigenvalue weighted by Crippen LogP contribution is -2.37. The third-order valence-electron chi connectivity index (χ3n) is 2.64. The fourth-order valence-electron chi connectivity index (χ4n) is 1.74. The summed E-state index contributed by atoms with van der Waals surface area (Å²) in [7, 11) is 0. The summed E-state index contributed by atoms with van der Waals surface area (Å²) in [6, 6.07) is 1.09. The standard InChI is InChI=1S/C9H12N2O6/c12-3-4-6(14)7(15)8(17-4)11-2-1-5(13)10-9(11)16/h1-2,4,6-8,12,14-15H,3H2,(H,10,13,16)/t4-,6-,7-,8-/m1/s1/i10+1,11+1,13+1,16+1. The highest BCUT2D eigenvalue weighted by Gasteiger charge is 2.43. The van der Waals surface area contributed by atoms with E-state index in [1.165, 1.54) is 0 Å². The molecule has 1 aliphatic rings. The molecule has 0 bridgehead atoms. The van der Waals surface area contributed by atoms with E-state index in [0.29, 0.717) is 0 Å². The summed E-state index contributed by atoms with van der Waals surface area (Å²) >= 11 is 0. The molecule has 0 aliphatic carbocycles. The molecule has 8 nitrogen and oxygen atoms in total. The lowest BCUT2D eigenvalue weighted by molar-refractivity contribution is -0.0550. The molecule has 0 aromatic carbocycles. The molecule has 2 rings (SSSR count). The first-order chi connectivity index (χ1) is 8.04. The number of nitrogens with zero attached hydrogens (tertiary/aromatic N) is 1. The highest BCUT2D eigenvalue weighted by molar-refractivity contribution is 4.92. The molecule has 1 aliphatic heterocycles. The fourth-order valence-corrected chi connectivity index (χ4v) is 1.74. The first-order valence-electron chi connectivity index (χ1n) is 4.98. The maximum Gasteiger partial charge on any atom is 0.330 e. The van der Waals surface area contributed by atoms with Gasteiger partial charge in [-0.15, -0.1) is 0 Å². The zero-order valence-electron chi connectivity index (χ0n) is 8.68. The van der Waals surface area contributed by atoms with Gasteiger partial charge in [-0.05, 0) is 0 Å². The molecule has 2 heterocycles. The fraction of sp³-hybridized carbons (Fsp3) is 0.556. The summed E-state index contributed by atoms with van der Waals surface area (Å²) in [4.78, 5) is 24.3. The van der Waals surface area contributed by atoms with Crippen LogP contribution in [0.3, 0.4) is 0 Å². The van der Waals surface area contributed by atoms with Gasteiger partial charge < -0.3 is 20.1 Å². The Hall–Kier alpha value is -1.48. The summed E-state index contributed by atoms with van der Waals surface area (Å²) in [5, 5.41) is 28.1. The van der Waals surface area contributed by atoms with Crippen molar-refractivity contribution in [1.29, 1.82) is 0 Å². The molecule has 0 unspecified atom stereocenters. The molecule has 94 valence electrons. The van der Waals surface area contributed by atoms with E-state index in [4.69, 9.17) is 9.84 Å². The zero-order valence-corrected chi connectivity index (χ0v) is 8.68. The number of H-pyrrole nitrogens is 1. The zero-order chi connectivity index (χ0) is 12.6. The summed E-state index contributed by atoms with van der Waals surface area (Å²) in [5.41, 5.74) is -1.33. The van der Waals surface area contributed by atoms with Crippen molar-refractivity contribution in [2.24, 2.45) is 0 Å². The quantitative estimate of drug-likeness (QED) is 0.446. The lowest BCUT2D eigenvalue weighted by atomic mass is 10.1. The maximum absolute atomic E-state index is 11.4. The van der Waals surface area contributed by atoms with Crippen LogP contribution in [0.25, 0.3) is 0 Å². The van der Waals surface area contributed by atoms with Crippen LogP contribution in [0.4, 0.5) is 0 Å². The molecule has 0 saturated carbocycles. The number of hydrogen-bond acceptors (Lipinski definition) is 6. The predicted octanol–water partition coefficient (Wildman–Crippen LogP) is -2.85. The summed E-state index contributed by atoms with van der Waals surface area (Å²) in [6.45, 7) is -0.479. The van der Waals surface area contributed by atoms with Crippen molar-refractivity contribution < 1.29 is 20.1 Å². The van der Waals surface area contributed by atoms with Crippen molar-refractivity contribution in [2.75, 3.05) is 6.61 Å². The van der Waals surface area contributed by atoms with Crippen molar-refractivity contribution in [2.45, 2.75) is 24.5 Å². The Kier molecular flexibility index (Phi) is 3.11. The summed E-state index contributed by atoms with van der Waals surface area (Å²) in [5.74, 6) is 0. The van der Waals surface area contributed by atoms with Gasteiger partial charge in [0.25, 0.3) is 5.56 Å². The van der Waals surface area contributed by atoms with Gasteiger partial charge in [-0.3, -0.25) is 14.3 Å². The Morgan fingerprint density at radius 3 is 2.59 bits per heavy atom. The molecule has 0 spiro atoms. The van der Waals surface area contributed by atoms with Crippen molar-refractivity contribution in [1.82, 2.24) is 9.55 Å².